The second kappa shape index (κ2) is 9.22. The predicted octanol–water partition coefficient (Wildman–Crippen LogP) is 3.66. The quantitative estimate of drug-likeness (QED) is 0.625. The molecular weight excluding hydrogens is 402 g/mol. The zero-order chi connectivity index (χ0) is 22.7. The molecule has 3 aromatic rings. The number of hydrogen-bond acceptors (Lipinski definition) is 4. The molecule has 0 spiro atoms. The van der Waals surface area contributed by atoms with E-state index in [9.17, 15) is 9.59 Å². The first kappa shape index (κ1) is 21.6. The fourth-order valence-corrected chi connectivity index (χ4v) is 4.19. The summed E-state index contributed by atoms with van der Waals surface area (Å²) in [6, 6.07) is 15.5. The SMILES string of the molecule is Cc1cc(C)cc(C(=O)NC2CCc3ccc(OCc4ccnc(C(N)=O)c4)cc3C2)c1. The van der Waals surface area contributed by atoms with Gasteiger partial charge in [-0.1, -0.05) is 23.3 Å². The fourth-order valence-electron chi connectivity index (χ4n) is 4.19. The summed E-state index contributed by atoms with van der Waals surface area (Å²) in [4.78, 5) is 28.0. The topological polar surface area (TPSA) is 94.3 Å². The minimum Gasteiger partial charge on any atom is -0.489 e. The van der Waals surface area contributed by atoms with Crippen molar-refractivity contribution in [3.05, 3.63) is 93.8 Å². The number of ether oxygens (including phenoxy) is 1. The van der Waals surface area contributed by atoms with Gasteiger partial charge in [0.1, 0.15) is 18.1 Å². The van der Waals surface area contributed by atoms with E-state index in [-0.39, 0.29) is 17.6 Å². The molecule has 2 aromatic carbocycles. The molecule has 0 fully saturated rings. The van der Waals surface area contributed by atoms with Gasteiger partial charge < -0.3 is 15.8 Å². The van der Waals surface area contributed by atoms with Gasteiger partial charge >= 0.3 is 0 Å². The van der Waals surface area contributed by atoms with Gasteiger partial charge in [0, 0.05) is 17.8 Å². The largest absolute Gasteiger partial charge is 0.489 e. The van der Waals surface area contributed by atoms with Crippen molar-refractivity contribution in [3.8, 4) is 5.75 Å². The molecule has 0 bridgehead atoms. The predicted molar refractivity (Wildman–Crippen MR) is 123 cm³/mol. The van der Waals surface area contributed by atoms with Crippen LogP contribution in [-0.4, -0.2) is 22.8 Å². The van der Waals surface area contributed by atoms with E-state index in [2.05, 4.69) is 22.4 Å². The molecule has 2 amide bonds. The molecule has 1 aliphatic carbocycles. The fraction of sp³-hybridized carbons (Fsp3) is 0.269. The Morgan fingerprint density at radius 2 is 1.84 bits per heavy atom. The monoisotopic (exact) mass is 429 g/mol. The number of nitrogens with one attached hydrogen (secondary N) is 1. The summed E-state index contributed by atoms with van der Waals surface area (Å²) < 4.78 is 5.94. The van der Waals surface area contributed by atoms with Gasteiger partial charge in [0.15, 0.2) is 0 Å². The normalized spacial score (nSPS) is 15.0. The second-order valence-corrected chi connectivity index (χ2v) is 8.42. The molecule has 6 heteroatoms. The Morgan fingerprint density at radius 1 is 1.06 bits per heavy atom. The zero-order valence-electron chi connectivity index (χ0n) is 18.4. The number of carbonyl (C=O) groups excluding carboxylic acids is 2. The van der Waals surface area contributed by atoms with Gasteiger partial charge in [0.25, 0.3) is 11.8 Å². The van der Waals surface area contributed by atoms with E-state index in [1.54, 1.807) is 18.3 Å². The van der Waals surface area contributed by atoms with E-state index in [1.165, 1.54) is 11.1 Å². The minimum atomic E-state index is -0.561. The Morgan fingerprint density at radius 3 is 2.59 bits per heavy atom. The molecule has 3 N–H and O–H groups in total. The van der Waals surface area contributed by atoms with E-state index < -0.39 is 5.91 Å². The van der Waals surface area contributed by atoms with Crippen LogP contribution in [0, 0.1) is 13.8 Å². The van der Waals surface area contributed by atoms with Crippen molar-refractivity contribution in [3.63, 3.8) is 0 Å². The van der Waals surface area contributed by atoms with Crippen LogP contribution in [0.5, 0.6) is 5.75 Å². The number of benzene rings is 2. The van der Waals surface area contributed by atoms with Crippen LogP contribution < -0.4 is 15.8 Å². The highest BCUT2D eigenvalue weighted by molar-refractivity contribution is 5.94. The summed E-state index contributed by atoms with van der Waals surface area (Å²) in [6.45, 7) is 4.32. The van der Waals surface area contributed by atoms with Crippen LogP contribution in [0.2, 0.25) is 0 Å². The molecule has 1 heterocycles. The van der Waals surface area contributed by atoms with Crippen molar-refractivity contribution >= 4 is 11.8 Å². The summed E-state index contributed by atoms with van der Waals surface area (Å²) in [5, 5.41) is 3.19. The lowest BCUT2D eigenvalue weighted by Crippen LogP contribution is -2.38. The summed E-state index contributed by atoms with van der Waals surface area (Å²) in [6.07, 6.45) is 4.15. The third-order valence-electron chi connectivity index (χ3n) is 5.71. The van der Waals surface area contributed by atoms with E-state index in [1.807, 2.05) is 38.1 Å². The third kappa shape index (κ3) is 5.14. The molecule has 6 nitrogen and oxygen atoms in total. The Labute approximate surface area is 187 Å². The zero-order valence-corrected chi connectivity index (χ0v) is 18.4. The van der Waals surface area contributed by atoms with Gasteiger partial charge in [0.2, 0.25) is 0 Å². The molecule has 0 radical (unpaired) electrons. The lowest BCUT2D eigenvalue weighted by molar-refractivity contribution is 0.0932. The van der Waals surface area contributed by atoms with Crippen LogP contribution in [-0.2, 0) is 19.4 Å². The number of amides is 2. The maximum atomic E-state index is 12.8. The summed E-state index contributed by atoms with van der Waals surface area (Å²) in [5.74, 6) is 0.164. The van der Waals surface area contributed by atoms with Crippen molar-refractivity contribution in [2.24, 2.45) is 5.73 Å². The molecular formula is C26H27N3O3. The maximum absolute atomic E-state index is 12.8. The number of aryl methyl sites for hydroxylation is 3. The molecule has 1 aliphatic rings. The number of fused-ring (bicyclic) bond motifs is 1. The number of aromatic nitrogens is 1. The molecule has 0 aliphatic heterocycles. The lowest BCUT2D eigenvalue weighted by atomic mass is 9.88. The molecule has 1 atom stereocenters. The third-order valence-corrected chi connectivity index (χ3v) is 5.71. The van der Waals surface area contributed by atoms with E-state index in [0.717, 1.165) is 41.7 Å². The summed E-state index contributed by atoms with van der Waals surface area (Å²) >= 11 is 0. The molecule has 4 rings (SSSR count). The van der Waals surface area contributed by atoms with Crippen molar-refractivity contribution < 1.29 is 14.3 Å². The maximum Gasteiger partial charge on any atom is 0.267 e. The lowest BCUT2D eigenvalue weighted by Gasteiger charge is -2.26. The highest BCUT2D eigenvalue weighted by Gasteiger charge is 2.21. The van der Waals surface area contributed by atoms with E-state index in [0.29, 0.717) is 12.2 Å². The van der Waals surface area contributed by atoms with Gasteiger partial charge in [-0.2, -0.15) is 0 Å². The van der Waals surface area contributed by atoms with Crippen molar-refractivity contribution in [1.82, 2.24) is 10.3 Å². The van der Waals surface area contributed by atoms with Gasteiger partial charge in [0.05, 0.1) is 0 Å². The Hall–Kier alpha value is -3.67. The van der Waals surface area contributed by atoms with Crippen molar-refractivity contribution in [2.75, 3.05) is 0 Å². The molecule has 1 unspecified atom stereocenters. The van der Waals surface area contributed by atoms with Crippen LogP contribution >= 0.6 is 0 Å². The average Bonchev–Trinajstić information content (AvgIpc) is 2.77. The summed E-state index contributed by atoms with van der Waals surface area (Å²) in [5.41, 5.74) is 11.7. The smallest absolute Gasteiger partial charge is 0.267 e. The standard InChI is InChI=1S/C26H27N3O3/c1-16-9-17(2)11-21(10-16)26(31)29-22-5-3-19-4-6-23(14-20(19)13-22)32-15-18-7-8-28-24(12-18)25(27)30/h4,6-12,14,22H,3,5,13,15H2,1-2H3,(H2,27,30)(H,29,31). The van der Waals surface area contributed by atoms with Crippen LogP contribution in [0.4, 0.5) is 0 Å². The average molecular weight is 430 g/mol. The number of nitrogens with two attached hydrogens (primary N) is 1. The molecule has 1 aromatic heterocycles. The number of carbonyl (C=O) groups is 2. The highest BCUT2D eigenvalue weighted by atomic mass is 16.5. The number of rotatable bonds is 6. The van der Waals surface area contributed by atoms with Crippen LogP contribution in [0.3, 0.4) is 0 Å². The first-order valence-corrected chi connectivity index (χ1v) is 10.8. The Kier molecular flexibility index (Phi) is 6.21. The summed E-state index contributed by atoms with van der Waals surface area (Å²) in [7, 11) is 0. The molecule has 0 saturated heterocycles. The van der Waals surface area contributed by atoms with Crippen molar-refractivity contribution in [2.45, 2.75) is 45.8 Å². The van der Waals surface area contributed by atoms with Gasteiger partial charge in [-0.3, -0.25) is 14.6 Å². The first-order valence-electron chi connectivity index (χ1n) is 10.8. The molecule has 32 heavy (non-hydrogen) atoms. The molecule has 164 valence electrons. The molecule has 0 saturated carbocycles. The van der Waals surface area contributed by atoms with Crippen LogP contribution in [0.15, 0.2) is 54.7 Å². The van der Waals surface area contributed by atoms with Gasteiger partial charge in [-0.15, -0.1) is 0 Å². The number of hydrogen-bond donors (Lipinski definition) is 2. The van der Waals surface area contributed by atoms with Gasteiger partial charge in [-0.25, -0.2) is 0 Å². The highest BCUT2D eigenvalue weighted by Crippen LogP contribution is 2.26. The van der Waals surface area contributed by atoms with E-state index >= 15 is 0 Å². The number of nitrogens with zero attached hydrogens (tertiary/aromatic N) is 1. The van der Waals surface area contributed by atoms with Gasteiger partial charge in [-0.05, 0) is 86.2 Å². The number of pyridine rings is 1. The Bertz CT molecular complexity index is 1150. The first-order chi connectivity index (χ1) is 15.4. The number of primary amides is 1. The Balaban J connectivity index is 1.41. The second-order valence-electron chi connectivity index (χ2n) is 8.42. The van der Waals surface area contributed by atoms with Crippen LogP contribution in [0.25, 0.3) is 0 Å². The minimum absolute atomic E-state index is 0.0272. The van der Waals surface area contributed by atoms with E-state index in [4.69, 9.17) is 10.5 Å². The van der Waals surface area contributed by atoms with Crippen molar-refractivity contribution in [1.29, 1.82) is 0 Å². The van der Waals surface area contributed by atoms with Crippen LogP contribution in [0.1, 0.15) is 55.1 Å².